The Morgan fingerprint density at radius 1 is 1.42 bits per heavy atom. The summed E-state index contributed by atoms with van der Waals surface area (Å²) in [6, 6.07) is 7.71. The van der Waals surface area contributed by atoms with E-state index < -0.39 is 0 Å². The standard InChI is InChI=1S/C9H6BrNS/c1-7(12-6-11)8-2-4-9(10)5-3-8/h2-5H,1H2. The van der Waals surface area contributed by atoms with Crippen molar-refractivity contribution in [1.82, 2.24) is 0 Å². The van der Waals surface area contributed by atoms with Crippen LogP contribution in [0, 0.1) is 10.7 Å². The van der Waals surface area contributed by atoms with E-state index in [1.165, 1.54) is 0 Å². The molecule has 0 aromatic heterocycles. The Hall–Kier alpha value is -0.720. The first-order valence-electron chi connectivity index (χ1n) is 3.25. The number of hydrogen-bond acceptors (Lipinski definition) is 2. The van der Waals surface area contributed by atoms with E-state index in [2.05, 4.69) is 22.5 Å². The summed E-state index contributed by atoms with van der Waals surface area (Å²) in [7, 11) is 0. The van der Waals surface area contributed by atoms with Crippen LogP contribution in [-0.2, 0) is 0 Å². The lowest BCUT2D eigenvalue weighted by atomic mass is 10.2. The number of rotatable bonds is 2. The smallest absolute Gasteiger partial charge is 0.138 e. The predicted molar refractivity (Wildman–Crippen MR) is 56.4 cm³/mol. The molecule has 0 bridgehead atoms. The number of nitriles is 1. The zero-order chi connectivity index (χ0) is 8.97. The van der Waals surface area contributed by atoms with Crippen LogP contribution in [0.1, 0.15) is 5.56 Å². The van der Waals surface area contributed by atoms with E-state index in [9.17, 15) is 0 Å². The Morgan fingerprint density at radius 3 is 2.50 bits per heavy atom. The van der Waals surface area contributed by atoms with E-state index in [1.54, 1.807) is 0 Å². The monoisotopic (exact) mass is 239 g/mol. The lowest BCUT2D eigenvalue weighted by Gasteiger charge is -1.98. The largest absolute Gasteiger partial charge is 0.185 e. The topological polar surface area (TPSA) is 23.8 Å². The fraction of sp³-hybridized carbons (Fsp3) is 0. The van der Waals surface area contributed by atoms with E-state index >= 15 is 0 Å². The summed E-state index contributed by atoms with van der Waals surface area (Å²) in [6.07, 6.45) is 0. The molecule has 0 heterocycles. The fourth-order valence-corrected chi connectivity index (χ4v) is 1.38. The minimum Gasteiger partial charge on any atom is -0.185 e. The normalized spacial score (nSPS) is 9.00. The van der Waals surface area contributed by atoms with Crippen LogP contribution < -0.4 is 0 Å². The van der Waals surface area contributed by atoms with Gasteiger partial charge in [-0.05, 0) is 29.5 Å². The number of thioether (sulfide) groups is 1. The molecule has 0 aliphatic carbocycles. The van der Waals surface area contributed by atoms with Crippen LogP contribution in [0.15, 0.2) is 35.3 Å². The average molecular weight is 240 g/mol. The highest BCUT2D eigenvalue weighted by molar-refractivity contribution is 9.10. The average Bonchev–Trinajstić information content (AvgIpc) is 2.06. The van der Waals surface area contributed by atoms with Gasteiger partial charge < -0.3 is 0 Å². The highest BCUT2D eigenvalue weighted by Gasteiger charge is 1.97. The summed E-state index contributed by atoms with van der Waals surface area (Å²) < 4.78 is 1.03. The van der Waals surface area contributed by atoms with Gasteiger partial charge in [0.15, 0.2) is 0 Å². The first-order chi connectivity index (χ1) is 5.74. The minimum atomic E-state index is 0.782. The summed E-state index contributed by atoms with van der Waals surface area (Å²) in [4.78, 5) is 0.782. The maximum Gasteiger partial charge on any atom is 0.138 e. The Bertz CT molecular complexity index is 323. The molecular weight excluding hydrogens is 234 g/mol. The molecule has 0 atom stereocenters. The van der Waals surface area contributed by atoms with Gasteiger partial charge >= 0.3 is 0 Å². The molecule has 1 aromatic carbocycles. The molecule has 1 aromatic rings. The number of halogens is 1. The molecule has 1 nitrogen and oxygen atoms in total. The van der Waals surface area contributed by atoms with Crippen LogP contribution in [0.25, 0.3) is 4.91 Å². The highest BCUT2D eigenvalue weighted by atomic mass is 79.9. The van der Waals surface area contributed by atoms with E-state index in [4.69, 9.17) is 5.26 Å². The molecule has 0 N–H and O–H groups in total. The van der Waals surface area contributed by atoms with E-state index in [0.717, 1.165) is 26.7 Å². The fourth-order valence-electron chi connectivity index (χ4n) is 0.750. The molecule has 0 unspecified atom stereocenters. The summed E-state index contributed by atoms with van der Waals surface area (Å²) in [5.41, 5.74) is 0.991. The molecule has 0 saturated heterocycles. The molecule has 1 rings (SSSR count). The second-order valence-corrected chi connectivity index (χ2v) is 3.92. The Labute approximate surface area is 84.2 Å². The molecular formula is C9H6BrNS. The minimum absolute atomic E-state index is 0.782. The summed E-state index contributed by atoms with van der Waals surface area (Å²) in [6.45, 7) is 3.77. The molecule has 60 valence electrons. The van der Waals surface area contributed by atoms with Crippen molar-refractivity contribution in [2.24, 2.45) is 0 Å². The summed E-state index contributed by atoms with van der Waals surface area (Å²) in [5.74, 6) is 0. The zero-order valence-electron chi connectivity index (χ0n) is 6.25. The molecule has 0 aliphatic rings. The second-order valence-electron chi connectivity index (χ2n) is 2.12. The Balaban J connectivity index is 2.84. The van der Waals surface area contributed by atoms with Crippen molar-refractivity contribution in [3.63, 3.8) is 0 Å². The maximum absolute atomic E-state index is 8.40. The van der Waals surface area contributed by atoms with E-state index in [0.29, 0.717) is 0 Å². The lowest BCUT2D eigenvalue weighted by molar-refractivity contribution is 1.57. The van der Waals surface area contributed by atoms with Crippen LogP contribution in [0.2, 0.25) is 0 Å². The molecule has 0 fully saturated rings. The van der Waals surface area contributed by atoms with Gasteiger partial charge in [-0.25, -0.2) is 0 Å². The van der Waals surface area contributed by atoms with Gasteiger partial charge in [-0.2, -0.15) is 5.26 Å². The van der Waals surface area contributed by atoms with Crippen LogP contribution in [0.5, 0.6) is 0 Å². The van der Waals surface area contributed by atoms with Crippen molar-refractivity contribution in [2.45, 2.75) is 0 Å². The quantitative estimate of drug-likeness (QED) is 0.737. The van der Waals surface area contributed by atoms with Crippen LogP contribution in [-0.4, -0.2) is 0 Å². The SMILES string of the molecule is C=C(SC#N)c1ccc(Br)cc1. The predicted octanol–water partition coefficient (Wildman–Crippen LogP) is 3.63. The second kappa shape index (κ2) is 4.34. The molecule has 0 spiro atoms. The number of hydrogen-bond donors (Lipinski definition) is 0. The number of thiocyanates is 1. The van der Waals surface area contributed by atoms with Gasteiger partial charge in [-0.3, -0.25) is 0 Å². The highest BCUT2D eigenvalue weighted by Crippen LogP contribution is 2.25. The van der Waals surface area contributed by atoms with Gasteiger partial charge in [0.05, 0.1) is 0 Å². The van der Waals surface area contributed by atoms with Gasteiger partial charge in [0, 0.05) is 9.38 Å². The summed E-state index contributed by atoms with van der Waals surface area (Å²) >= 11 is 4.42. The Kier molecular flexibility index (Phi) is 3.39. The van der Waals surface area contributed by atoms with Crippen LogP contribution >= 0.6 is 27.7 Å². The third-order valence-corrected chi connectivity index (χ3v) is 2.44. The van der Waals surface area contributed by atoms with Crippen LogP contribution in [0.4, 0.5) is 0 Å². The van der Waals surface area contributed by atoms with Crippen molar-refractivity contribution >= 4 is 32.6 Å². The van der Waals surface area contributed by atoms with Gasteiger partial charge in [-0.15, -0.1) is 0 Å². The zero-order valence-corrected chi connectivity index (χ0v) is 8.65. The van der Waals surface area contributed by atoms with Crippen molar-refractivity contribution in [3.05, 3.63) is 40.9 Å². The number of nitrogens with zero attached hydrogens (tertiary/aromatic N) is 1. The first kappa shape index (κ1) is 9.37. The van der Waals surface area contributed by atoms with Gasteiger partial charge in [0.2, 0.25) is 0 Å². The first-order valence-corrected chi connectivity index (χ1v) is 4.86. The molecule has 0 saturated carbocycles. The van der Waals surface area contributed by atoms with Crippen LogP contribution in [0.3, 0.4) is 0 Å². The lowest BCUT2D eigenvalue weighted by Crippen LogP contribution is -1.75. The molecule has 0 amide bonds. The van der Waals surface area contributed by atoms with Gasteiger partial charge in [-0.1, -0.05) is 34.6 Å². The van der Waals surface area contributed by atoms with Crippen molar-refractivity contribution in [3.8, 4) is 5.40 Å². The molecule has 0 radical (unpaired) electrons. The van der Waals surface area contributed by atoms with E-state index in [1.807, 2.05) is 29.7 Å². The third-order valence-electron chi connectivity index (χ3n) is 1.34. The van der Waals surface area contributed by atoms with Crippen molar-refractivity contribution < 1.29 is 0 Å². The molecule has 12 heavy (non-hydrogen) atoms. The third kappa shape index (κ3) is 2.40. The molecule has 3 heteroatoms. The molecule has 0 aliphatic heterocycles. The van der Waals surface area contributed by atoms with Gasteiger partial charge in [0.25, 0.3) is 0 Å². The number of benzene rings is 1. The van der Waals surface area contributed by atoms with E-state index in [-0.39, 0.29) is 0 Å². The van der Waals surface area contributed by atoms with Gasteiger partial charge in [0.1, 0.15) is 5.40 Å². The van der Waals surface area contributed by atoms with Crippen molar-refractivity contribution in [2.75, 3.05) is 0 Å². The summed E-state index contributed by atoms with van der Waals surface area (Å²) in [5, 5.41) is 10.4. The van der Waals surface area contributed by atoms with Crippen molar-refractivity contribution in [1.29, 1.82) is 5.26 Å². The Morgan fingerprint density at radius 2 is 2.00 bits per heavy atom. The maximum atomic E-state index is 8.40.